The summed E-state index contributed by atoms with van der Waals surface area (Å²) in [5, 5.41) is 4.48. The topological polar surface area (TPSA) is 30.5 Å². The predicted octanol–water partition coefficient (Wildman–Crippen LogP) is 4.31. The Bertz CT molecular complexity index is 730. The molecule has 3 rings (SSSR count). The minimum absolute atomic E-state index is 0.412. The van der Waals surface area contributed by atoms with Crippen LogP contribution in [-0.2, 0) is 19.4 Å². The van der Waals surface area contributed by atoms with Crippen LogP contribution in [0.4, 0.5) is 0 Å². The van der Waals surface area contributed by atoms with Crippen LogP contribution in [0.2, 0.25) is 5.02 Å². The normalized spacial score (nSPS) is 16.6. The summed E-state index contributed by atoms with van der Waals surface area (Å²) in [7, 11) is 3.46. The lowest BCUT2D eigenvalue weighted by atomic mass is 9.86. The molecule has 1 atom stereocenters. The molecule has 0 saturated carbocycles. The van der Waals surface area contributed by atoms with Crippen molar-refractivity contribution in [2.75, 3.05) is 14.2 Å². The zero-order valence-corrected chi connectivity index (χ0v) is 15.2. The molecule has 2 aromatic carbocycles. The molecule has 4 heteroatoms. The van der Waals surface area contributed by atoms with Crippen molar-refractivity contribution in [3.8, 4) is 11.5 Å². The van der Waals surface area contributed by atoms with E-state index in [-0.39, 0.29) is 0 Å². The van der Waals surface area contributed by atoms with E-state index in [2.05, 4.69) is 18.3 Å². The van der Waals surface area contributed by atoms with Gasteiger partial charge in [-0.15, -0.1) is 0 Å². The molecule has 0 heterocycles. The molecular weight excluding hydrogens is 322 g/mol. The SMILES string of the molecule is COc1ccc(OC)c2c1CCC(NCc1cc(C)ccc1Cl)C2. The number of methoxy groups -OCH3 is 2. The van der Waals surface area contributed by atoms with E-state index in [9.17, 15) is 0 Å². The molecule has 0 bridgehead atoms. The Kier molecular flexibility index (Phi) is 5.32. The van der Waals surface area contributed by atoms with Crippen molar-refractivity contribution in [1.82, 2.24) is 5.32 Å². The summed E-state index contributed by atoms with van der Waals surface area (Å²) >= 11 is 6.31. The summed E-state index contributed by atoms with van der Waals surface area (Å²) in [6.07, 6.45) is 3.02. The van der Waals surface area contributed by atoms with Crippen molar-refractivity contribution in [2.45, 2.75) is 38.8 Å². The molecular formula is C20H24ClNO2. The molecule has 2 aromatic rings. The van der Waals surface area contributed by atoms with Gasteiger partial charge >= 0.3 is 0 Å². The molecule has 1 aliphatic rings. The summed E-state index contributed by atoms with van der Waals surface area (Å²) in [5.74, 6) is 1.91. The molecule has 0 aliphatic heterocycles. The van der Waals surface area contributed by atoms with E-state index in [1.54, 1.807) is 14.2 Å². The number of halogens is 1. The molecule has 0 spiro atoms. The fraction of sp³-hybridized carbons (Fsp3) is 0.400. The summed E-state index contributed by atoms with van der Waals surface area (Å²) < 4.78 is 11.1. The first-order chi connectivity index (χ1) is 11.6. The van der Waals surface area contributed by atoms with E-state index in [4.69, 9.17) is 21.1 Å². The minimum atomic E-state index is 0.412. The highest BCUT2D eigenvalue weighted by Gasteiger charge is 2.24. The molecule has 0 fully saturated rings. The van der Waals surface area contributed by atoms with Gasteiger partial charge in [-0.1, -0.05) is 29.3 Å². The first-order valence-electron chi connectivity index (χ1n) is 8.33. The Morgan fingerprint density at radius 1 is 1.08 bits per heavy atom. The van der Waals surface area contributed by atoms with E-state index in [0.29, 0.717) is 6.04 Å². The average molecular weight is 346 g/mol. The largest absolute Gasteiger partial charge is 0.496 e. The number of hydrogen-bond donors (Lipinski definition) is 1. The van der Waals surface area contributed by atoms with Crippen molar-refractivity contribution >= 4 is 11.6 Å². The number of fused-ring (bicyclic) bond motifs is 1. The lowest BCUT2D eigenvalue weighted by molar-refractivity contribution is 0.376. The van der Waals surface area contributed by atoms with E-state index in [1.807, 2.05) is 24.3 Å². The third-order valence-electron chi connectivity index (χ3n) is 4.76. The highest BCUT2D eigenvalue weighted by molar-refractivity contribution is 6.31. The van der Waals surface area contributed by atoms with E-state index >= 15 is 0 Å². The van der Waals surface area contributed by atoms with Crippen LogP contribution in [-0.4, -0.2) is 20.3 Å². The van der Waals surface area contributed by atoms with Crippen LogP contribution in [0.3, 0.4) is 0 Å². The molecule has 0 amide bonds. The predicted molar refractivity (Wildman–Crippen MR) is 98.4 cm³/mol. The molecule has 0 radical (unpaired) electrons. The van der Waals surface area contributed by atoms with Crippen LogP contribution >= 0.6 is 11.6 Å². The van der Waals surface area contributed by atoms with Crippen LogP contribution < -0.4 is 14.8 Å². The van der Waals surface area contributed by atoms with Gasteiger partial charge in [-0.05, 0) is 49.9 Å². The van der Waals surface area contributed by atoms with Crippen LogP contribution in [0.5, 0.6) is 11.5 Å². The Balaban J connectivity index is 1.74. The first-order valence-corrected chi connectivity index (χ1v) is 8.71. The monoisotopic (exact) mass is 345 g/mol. The molecule has 1 unspecified atom stereocenters. The maximum atomic E-state index is 6.31. The second kappa shape index (κ2) is 7.45. The summed E-state index contributed by atoms with van der Waals surface area (Å²) in [5.41, 5.74) is 4.93. The van der Waals surface area contributed by atoms with Gasteiger partial charge in [0.25, 0.3) is 0 Å². The average Bonchev–Trinajstić information content (AvgIpc) is 2.61. The number of aryl methyl sites for hydroxylation is 1. The van der Waals surface area contributed by atoms with E-state index in [0.717, 1.165) is 47.9 Å². The smallest absolute Gasteiger partial charge is 0.122 e. The maximum absolute atomic E-state index is 6.31. The zero-order valence-electron chi connectivity index (χ0n) is 14.5. The lowest BCUT2D eigenvalue weighted by Crippen LogP contribution is -2.34. The Morgan fingerprint density at radius 2 is 1.79 bits per heavy atom. The molecule has 24 heavy (non-hydrogen) atoms. The first kappa shape index (κ1) is 17.1. The van der Waals surface area contributed by atoms with Gasteiger partial charge in [0.1, 0.15) is 11.5 Å². The summed E-state index contributed by atoms with van der Waals surface area (Å²) in [6.45, 7) is 2.88. The van der Waals surface area contributed by atoms with Gasteiger partial charge in [0.15, 0.2) is 0 Å². The fourth-order valence-electron chi connectivity index (χ4n) is 3.46. The second-order valence-corrected chi connectivity index (χ2v) is 6.75. The highest BCUT2D eigenvalue weighted by Crippen LogP contribution is 2.36. The van der Waals surface area contributed by atoms with Crippen LogP contribution in [0.1, 0.15) is 28.7 Å². The third-order valence-corrected chi connectivity index (χ3v) is 5.13. The van der Waals surface area contributed by atoms with Gasteiger partial charge in [0.05, 0.1) is 14.2 Å². The number of hydrogen-bond acceptors (Lipinski definition) is 3. The van der Waals surface area contributed by atoms with Crippen molar-refractivity contribution in [2.24, 2.45) is 0 Å². The number of ether oxygens (including phenoxy) is 2. The van der Waals surface area contributed by atoms with E-state index < -0.39 is 0 Å². The van der Waals surface area contributed by atoms with Gasteiger partial charge in [0.2, 0.25) is 0 Å². The number of benzene rings is 2. The summed E-state index contributed by atoms with van der Waals surface area (Å²) in [6, 6.07) is 10.6. The zero-order chi connectivity index (χ0) is 17.1. The van der Waals surface area contributed by atoms with Gasteiger partial charge < -0.3 is 14.8 Å². The Hall–Kier alpha value is -1.71. The number of nitrogens with one attached hydrogen (secondary N) is 1. The standard InChI is InChI=1S/C20H24ClNO2/c1-13-4-7-18(21)14(10-13)12-22-15-5-6-16-17(11-15)20(24-3)9-8-19(16)23-2/h4,7-10,15,22H,5-6,11-12H2,1-3H3. The van der Waals surface area contributed by atoms with E-state index in [1.165, 1.54) is 16.7 Å². The highest BCUT2D eigenvalue weighted by atomic mass is 35.5. The molecule has 1 N–H and O–H groups in total. The molecule has 0 saturated heterocycles. The fourth-order valence-corrected chi connectivity index (χ4v) is 3.65. The molecule has 3 nitrogen and oxygen atoms in total. The van der Waals surface area contributed by atoms with Gasteiger partial charge in [-0.3, -0.25) is 0 Å². The molecule has 0 aromatic heterocycles. The Morgan fingerprint density at radius 3 is 2.50 bits per heavy atom. The van der Waals surface area contributed by atoms with Gasteiger partial charge in [0, 0.05) is 28.7 Å². The van der Waals surface area contributed by atoms with Crippen LogP contribution in [0.25, 0.3) is 0 Å². The van der Waals surface area contributed by atoms with Gasteiger partial charge in [-0.2, -0.15) is 0 Å². The minimum Gasteiger partial charge on any atom is -0.496 e. The lowest BCUT2D eigenvalue weighted by Gasteiger charge is -2.28. The summed E-state index contributed by atoms with van der Waals surface area (Å²) in [4.78, 5) is 0. The second-order valence-electron chi connectivity index (χ2n) is 6.34. The third kappa shape index (κ3) is 3.52. The molecule has 1 aliphatic carbocycles. The number of rotatable bonds is 5. The van der Waals surface area contributed by atoms with Crippen molar-refractivity contribution in [1.29, 1.82) is 0 Å². The Labute approximate surface area is 148 Å². The quantitative estimate of drug-likeness (QED) is 0.875. The molecule has 128 valence electrons. The van der Waals surface area contributed by atoms with Crippen molar-refractivity contribution in [3.05, 3.63) is 57.6 Å². The van der Waals surface area contributed by atoms with Crippen LogP contribution in [0.15, 0.2) is 30.3 Å². The van der Waals surface area contributed by atoms with Gasteiger partial charge in [-0.25, -0.2) is 0 Å². The van der Waals surface area contributed by atoms with Crippen LogP contribution in [0, 0.1) is 6.92 Å². The van der Waals surface area contributed by atoms with Crippen molar-refractivity contribution < 1.29 is 9.47 Å². The maximum Gasteiger partial charge on any atom is 0.122 e. The van der Waals surface area contributed by atoms with Crippen molar-refractivity contribution in [3.63, 3.8) is 0 Å².